The Hall–Kier alpha value is -4.45. The van der Waals surface area contributed by atoms with Crippen LogP contribution in [0.1, 0.15) is 233 Å². The third kappa shape index (κ3) is 54.5. The maximum Gasteiger partial charge on any atom is 0.306 e. The smallest absolute Gasteiger partial charge is 0.306 e. The van der Waals surface area contributed by atoms with Crippen LogP contribution in [0.25, 0.3) is 0 Å². The van der Waals surface area contributed by atoms with Crippen molar-refractivity contribution in [3.8, 4) is 0 Å². The van der Waals surface area contributed by atoms with Crippen LogP contribution in [-0.4, -0.2) is 37.2 Å². The molecule has 0 aromatic rings. The molecule has 6 heteroatoms. The fraction of sp³-hybridized carbons (Fsp3) is 0.609. The van der Waals surface area contributed by atoms with Gasteiger partial charge in [0.15, 0.2) is 6.10 Å². The second kappa shape index (κ2) is 57.1. The van der Waals surface area contributed by atoms with Crippen molar-refractivity contribution >= 4 is 17.9 Å². The highest BCUT2D eigenvalue weighted by atomic mass is 16.6. The number of allylic oxidation sites excluding steroid dienone is 22. The quantitative estimate of drug-likeness (QED) is 0.0262. The van der Waals surface area contributed by atoms with E-state index in [-0.39, 0.29) is 38.0 Å². The van der Waals surface area contributed by atoms with Gasteiger partial charge in [-0.25, -0.2) is 0 Å². The van der Waals surface area contributed by atoms with Gasteiger partial charge in [-0.15, -0.1) is 0 Å². The summed E-state index contributed by atoms with van der Waals surface area (Å²) in [5.74, 6) is -1.09. The Balaban J connectivity index is 4.58. The molecule has 394 valence electrons. The van der Waals surface area contributed by atoms with Gasteiger partial charge in [-0.05, 0) is 116 Å². The molecule has 0 spiro atoms. The second-order valence-electron chi connectivity index (χ2n) is 18.1. The first-order chi connectivity index (χ1) is 34.5. The number of carbonyl (C=O) groups excluding carboxylic acids is 3. The predicted octanol–water partition coefficient (Wildman–Crippen LogP) is 19.0. The van der Waals surface area contributed by atoms with Gasteiger partial charge in [-0.3, -0.25) is 14.4 Å². The minimum Gasteiger partial charge on any atom is -0.462 e. The molecular weight excluding hydrogens is 865 g/mol. The van der Waals surface area contributed by atoms with Crippen LogP contribution in [0.4, 0.5) is 0 Å². The zero-order valence-electron chi connectivity index (χ0n) is 45.0. The van der Waals surface area contributed by atoms with Crippen molar-refractivity contribution in [2.75, 3.05) is 13.2 Å². The van der Waals surface area contributed by atoms with Gasteiger partial charge in [0.05, 0.1) is 0 Å². The maximum absolute atomic E-state index is 12.8. The van der Waals surface area contributed by atoms with Crippen LogP contribution < -0.4 is 0 Å². The molecule has 70 heavy (non-hydrogen) atoms. The molecule has 0 saturated heterocycles. The topological polar surface area (TPSA) is 78.9 Å². The van der Waals surface area contributed by atoms with Gasteiger partial charge in [0.25, 0.3) is 0 Å². The lowest BCUT2D eigenvalue weighted by Crippen LogP contribution is -2.30. The number of hydrogen-bond donors (Lipinski definition) is 0. The van der Waals surface area contributed by atoms with Crippen LogP contribution >= 0.6 is 0 Å². The molecule has 0 N–H and O–H groups in total. The fourth-order valence-corrected chi connectivity index (χ4v) is 7.23. The molecule has 1 unspecified atom stereocenters. The Bertz CT molecular complexity index is 1530. The zero-order chi connectivity index (χ0) is 50.7. The summed E-state index contributed by atoms with van der Waals surface area (Å²) in [6, 6.07) is 0. The lowest BCUT2D eigenvalue weighted by atomic mass is 10.1. The molecule has 1 atom stereocenters. The van der Waals surface area contributed by atoms with E-state index in [1.165, 1.54) is 89.9 Å². The molecule has 0 aliphatic rings. The maximum atomic E-state index is 12.8. The van der Waals surface area contributed by atoms with E-state index in [1.54, 1.807) is 0 Å². The first-order valence-electron chi connectivity index (χ1n) is 28.2. The molecule has 0 aromatic heterocycles. The molecule has 0 rings (SSSR count). The Morgan fingerprint density at radius 3 is 1.01 bits per heavy atom. The van der Waals surface area contributed by atoms with Crippen molar-refractivity contribution in [1.29, 1.82) is 0 Å². The summed E-state index contributed by atoms with van der Waals surface area (Å²) in [5.41, 5.74) is 0. The average Bonchev–Trinajstić information content (AvgIpc) is 3.36. The van der Waals surface area contributed by atoms with Gasteiger partial charge in [0.2, 0.25) is 0 Å². The van der Waals surface area contributed by atoms with Crippen LogP contribution in [0.2, 0.25) is 0 Å². The van der Waals surface area contributed by atoms with E-state index in [4.69, 9.17) is 14.2 Å². The molecule has 0 heterocycles. The van der Waals surface area contributed by atoms with Gasteiger partial charge < -0.3 is 14.2 Å². The highest BCUT2D eigenvalue weighted by molar-refractivity contribution is 5.71. The lowest BCUT2D eigenvalue weighted by Gasteiger charge is -2.18. The summed E-state index contributed by atoms with van der Waals surface area (Å²) in [5, 5.41) is 0. The summed E-state index contributed by atoms with van der Waals surface area (Å²) < 4.78 is 16.7. The summed E-state index contributed by atoms with van der Waals surface area (Å²) in [7, 11) is 0. The molecule has 0 saturated carbocycles. The van der Waals surface area contributed by atoms with Crippen molar-refractivity contribution < 1.29 is 28.6 Å². The molecule has 0 aliphatic carbocycles. The summed E-state index contributed by atoms with van der Waals surface area (Å²) in [6.07, 6.45) is 80.3. The Labute approximate surface area is 430 Å². The lowest BCUT2D eigenvalue weighted by molar-refractivity contribution is -0.166. The molecule has 0 fully saturated rings. The normalized spacial score (nSPS) is 13.1. The molecule has 6 nitrogen and oxygen atoms in total. The van der Waals surface area contributed by atoms with Crippen molar-refractivity contribution in [2.45, 2.75) is 239 Å². The monoisotopic (exact) mass is 967 g/mol. The van der Waals surface area contributed by atoms with Crippen molar-refractivity contribution in [3.63, 3.8) is 0 Å². The summed E-state index contributed by atoms with van der Waals surface area (Å²) in [6.45, 7) is 6.29. The standard InChI is InChI=1S/C64H102O6/c1-4-7-10-13-16-19-22-25-28-31-32-34-36-39-42-45-48-51-54-57-63(66)69-60-61(59-68-62(65)56-53-50-47-44-41-38-35-30-27-24-21-18-15-12-9-6-3)70-64(67)58-55-52-49-46-43-40-37-33-29-26-23-20-17-14-11-8-5-2/h8-9,11-12,17-18,20-21,26-27,29-32,37-38,40-41,46-47,49-50,61H,4-7,10,13-16,19,22-25,28,33-36,39,42-45,48,51-60H2,1-3H3/b11-8-,12-9-,20-17-,21-18-,29-26-,30-27-,32-31-,40-37-,41-38-,49-46-,50-47-. The number of hydrogen-bond acceptors (Lipinski definition) is 6. The van der Waals surface area contributed by atoms with E-state index in [0.29, 0.717) is 19.3 Å². The highest BCUT2D eigenvalue weighted by Gasteiger charge is 2.19. The SMILES string of the molecule is CC/C=C\C/C=C\C/C=C\C/C=C\C/C=C\CCCC(=O)OC(COC(=O)CC/C=C\C/C=C\C/C=C\C/C=C\C/C=C\CC)COC(=O)CCCCCCCCC/C=C\CCCCCCCCCC. The Kier molecular flexibility index (Phi) is 53.5. The molecule has 0 radical (unpaired) electrons. The van der Waals surface area contributed by atoms with Crippen LogP contribution in [0.3, 0.4) is 0 Å². The van der Waals surface area contributed by atoms with E-state index in [2.05, 4.69) is 142 Å². The van der Waals surface area contributed by atoms with Gasteiger partial charge in [-0.2, -0.15) is 0 Å². The van der Waals surface area contributed by atoms with Gasteiger partial charge >= 0.3 is 17.9 Å². The van der Waals surface area contributed by atoms with Crippen LogP contribution in [0.15, 0.2) is 134 Å². The largest absolute Gasteiger partial charge is 0.462 e. The van der Waals surface area contributed by atoms with Gasteiger partial charge in [0.1, 0.15) is 13.2 Å². The van der Waals surface area contributed by atoms with E-state index in [0.717, 1.165) is 89.9 Å². The number of carbonyl (C=O) groups is 3. The van der Waals surface area contributed by atoms with Crippen molar-refractivity contribution in [1.82, 2.24) is 0 Å². The van der Waals surface area contributed by atoms with Crippen molar-refractivity contribution in [2.24, 2.45) is 0 Å². The van der Waals surface area contributed by atoms with E-state index in [9.17, 15) is 14.4 Å². The third-order valence-electron chi connectivity index (χ3n) is 11.4. The first-order valence-corrected chi connectivity index (χ1v) is 28.2. The van der Waals surface area contributed by atoms with Crippen LogP contribution in [0.5, 0.6) is 0 Å². The Morgan fingerprint density at radius 2 is 0.600 bits per heavy atom. The number of rotatable bonds is 49. The molecule has 0 aliphatic heterocycles. The van der Waals surface area contributed by atoms with Crippen LogP contribution in [-0.2, 0) is 28.6 Å². The number of esters is 3. The van der Waals surface area contributed by atoms with E-state index in [1.807, 2.05) is 12.2 Å². The Morgan fingerprint density at radius 1 is 0.300 bits per heavy atom. The molecular formula is C64H102O6. The van der Waals surface area contributed by atoms with E-state index < -0.39 is 12.1 Å². The predicted molar refractivity (Wildman–Crippen MR) is 302 cm³/mol. The van der Waals surface area contributed by atoms with Gasteiger partial charge in [-0.1, -0.05) is 231 Å². The van der Waals surface area contributed by atoms with Gasteiger partial charge in [0, 0.05) is 19.3 Å². The third-order valence-corrected chi connectivity index (χ3v) is 11.4. The minimum atomic E-state index is -0.845. The minimum absolute atomic E-state index is 0.130. The zero-order valence-corrected chi connectivity index (χ0v) is 45.0. The second-order valence-corrected chi connectivity index (χ2v) is 18.1. The van der Waals surface area contributed by atoms with Crippen LogP contribution in [0, 0.1) is 0 Å². The average molecular weight is 968 g/mol. The molecule has 0 bridgehead atoms. The fourth-order valence-electron chi connectivity index (χ4n) is 7.23. The number of ether oxygens (including phenoxy) is 3. The molecule has 0 aromatic carbocycles. The summed E-state index contributed by atoms with van der Waals surface area (Å²) in [4.78, 5) is 38.1. The van der Waals surface area contributed by atoms with Crippen molar-refractivity contribution in [3.05, 3.63) is 134 Å². The summed E-state index contributed by atoms with van der Waals surface area (Å²) >= 11 is 0. The highest BCUT2D eigenvalue weighted by Crippen LogP contribution is 2.13. The molecule has 0 amide bonds. The van der Waals surface area contributed by atoms with E-state index >= 15 is 0 Å². The first kappa shape index (κ1) is 65.5. The number of unbranched alkanes of at least 4 members (excludes halogenated alkanes) is 16.